The van der Waals surface area contributed by atoms with Crippen LogP contribution in [0.4, 0.5) is 0 Å². The molecule has 4 rings (SSSR count). The molecule has 0 fully saturated rings. The minimum absolute atomic E-state index is 0.270. The lowest BCUT2D eigenvalue weighted by Crippen LogP contribution is -2.17. The van der Waals surface area contributed by atoms with E-state index in [1.54, 1.807) is 30.5 Å². The zero-order valence-electron chi connectivity index (χ0n) is 20.6. The van der Waals surface area contributed by atoms with E-state index in [0.29, 0.717) is 22.2 Å². The average molecular weight is 520 g/mol. The maximum absolute atomic E-state index is 12.6. The standard InChI is InChI=1S/C29H27Cl2N3O2/c1-18-13-23(14-19(2)28(18)36-17-22-7-12-26(30)27(31)15-22)16-32-33-29(35)24-8-10-25(11-9-24)34-20(3)5-6-21(34)4/h5-16H,17H2,1-4H3,(H,33,35)/b32-16-. The summed E-state index contributed by atoms with van der Waals surface area (Å²) in [7, 11) is 0. The lowest BCUT2D eigenvalue weighted by atomic mass is 10.1. The molecule has 4 aromatic rings. The maximum atomic E-state index is 12.6. The van der Waals surface area contributed by atoms with E-state index < -0.39 is 0 Å². The van der Waals surface area contributed by atoms with Gasteiger partial charge in [-0.05, 0) is 111 Å². The Hall–Kier alpha value is -3.54. The van der Waals surface area contributed by atoms with E-state index >= 15 is 0 Å². The molecule has 0 aliphatic carbocycles. The van der Waals surface area contributed by atoms with E-state index in [-0.39, 0.29) is 5.91 Å². The van der Waals surface area contributed by atoms with Crippen molar-refractivity contribution in [1.29, 1.82) is 0 Å². The van der Waals surface area contributed by atoms with Gasteiger partial charge in [-0.1, -0.05) is 29.3 Å². The van der Waals surface area contributed by atoms with Crippen LogP contribution in [0.25, 0.3) is 5.69 Å². The van der Waals surface area contributed by atoms with Gasteiger partial charge in [0.25, 0.3) is 5.91 Å². The number of carbonyl (C=O) groups excluding carboxylic acids is 1. The molecular weight excluding hydrogens is 493 g/mol. The van der Waals surface area contributed by atoms with Crippen LogP contribution in [0.5, 0.6) is 5.75 Å². The number of aromatic nitrogens is 1. The third-order valence-electron chi connectivity index (χ3n) is 5.89. The predicted octanol–water partition coefficient (Wildman–Crippen LogP) is 7.36. The van der Waals surface area contributed by atoms with Gasteiger partial charge in [0.15, 0.2) is 0 Å². The molecule has 0 spiro atoms. The van der Waals surface area contributed by atoms with Crippen molar-refractivity contribution in [1.82, 2.24) is 9.99 Å². The topological polar surface area (TPSA) is 55.6 Å². The van der Waals surface area contributed by atoms with Crippen molar-refractivity contribution in [3.63, 3.8) is 0 Å². The molecule has 0 radical (unpaired) electrons. The molecule has 0 bridgehead atoms. The van der Waals surface area contributed by atoms with Crippen LogP contribution in [-0.4, -0.2) is 16.7 Å². The van der Waals surface area contributed by atoms with E-state index in [9.17, 15) is 4.79 Å². The van der Waals surface area contributed by atoms with Gasteiger partial charge in [0, 0.05) is 22.6 Å². The summed E-state index contributed by atoms with van der Waals surface area (Å²) in [5.74, 6) is 0.532. The number of nitrogens with zero attached hydrogens (tertiary/aromatic N) is 2. The first kappa shape index (κ1) is 25.5. The molecular formula is C29H27Cl2N3O2. The van der Waals surface area contributed by atoms with Crippen molar-refractivity contribution in [2.75, 3.05) is 0 Å². The second-order valence-corrected chi connectivity index (χ2v) is 9.53. The Morgan fingerprint density at radius 1 is 0.889 bits per heavy atom. The maximum Gasteiger partial charge on any atom is 0.271 e. The van der Waals surface area contributed by atoms with Crippen LogP contribution in [0.1, 0.15) is 44.0 Å². The quantitative estimate of drug-likeness (QED) is 0.205. The van der Waals surface area contributed by atoms with Crippen molar-refractivity contribution in [2.24, 2.45) is 5.10 Å². The van der Waals surface area contributed by atoms with Crippen LogP contribution < -0.4 is 10.2 Å². The first-order chi connectivity index (χ1) is 17.2. The van der Waals surface area contributed by atoms with Crippen molar-refractivity contribution >= 4 is 35.3 Å². The molecule has 7 heteroatoms. The van der Waals surface area contributed by atoms with Gasteiger partial charge >= 0.3 is 0 Å². The summed E-state index contributed by atoms with van der Waals surface area (Å²) in [5.41, 5.74) is 10.2. The van der Waals surface area contributed by atoms with Gasteiger partial charge in [-0.2, -0.15) is 5.10 Å². The highest BCUT2D eigenvalue weighted by molar-refractivity contribution is 6.42. The van der Waals surface area contributed by atoms with E-state index in [2.05, 4.69) is 41.1 Å². The highest BCUT2D eigenvalue weighted by Crippen LogP contribution is 2.27. The third kappa shape index (κ3) is 5.81. The zero-order chi connectivity index (χ0) is 25.8. The largest absolute Gasteiger partial charge is 0.488 e. The Bertz CT molecular complexity index is 1400. The fourth-order valence-electron chi connectivity index (χ4n) is 4.14. The van der Waals surface area contributed by atoms with Crippen molar-refractivity contribution in [3.05, 3.63) is 116 Å². The van der Waals surface area contributed by atoms with Crippen molar-refractivity contribution < 1.29 is 9.53 Å². The Morgan fingerprint density at radius 3 is 2.14 bits per heavy atom. The van der Waals surface area contributed by atoms with Crippen LogP contribution in [-0.2, 0) is 6.61 Å². The third-order valence-corrected chi connectivity index (χ3v) is 6.63. The van der Waals surface area contributed by atoms with E-state index in [1.165, 1.54) is 0 Å². The molecule has 0 saturated heterocycles. The number of hydrazone groups is 1. The fraction of sp³-hybridized carbons (Fsp3) is 0.172. The van der Waals surface area contributed by atoms with Gasteiger partial charge in [-0.15, -0.1) is 0 Å². The molecule has 1 heterocycles. The Morgan fingerprint density at radius 2 is 1.53 bits per heavy atom. The monoisotopic (exact) mass is 519 g/mol. The normalized spacial score (nSPS) is 11.2. The number of rotatable bonds is 7. The molecule has 0 aliphatic rings. The van der Waals surface area contributed by atoms with Gasteiger partial charge in [-0.25, -0.2) is 5.43 Å². The first-order valence-electron chi connectivity index (χ1n) is 11.5. The van der Waals surface area contributed by atoms with Gasteiger partial charge in [-0.3, -0.25) is 4.79 Å². The Kier molecular flexibility index (Phi) is 7.82. The summed E-state index contributed by atoms with van der Waals surface area (Å²) in [6.45, 7) is 8.44. The molecule has 0 atom stereocenters. The zero-order valence-corrected chi connectivity index (χ0v) is 22.1. The van der Waals surface area contributed by atoms with Gasteiger partial charge in [0.2, 0.25) is 0 Å². The first-order valence-corrected chi connectivity index (χ1v) is 12.3. The Labute approximate surface area is 221 Å². The number of benzene rings is 3. The highest BCUT2D eigenvalue weighted by atomic mass is 35.5. The molecule has 0 unspecified atom stereocenters. The molecule has 36 heavy (non-hydrogen) atoms. The van der Waals surface area contributed by atoms with Crippen molar-refractivity contribution in [3.8, 4) is 11.4 Å². The molecule has 0 aliphatic heterocycles. The lowest BCUT2D eigenvalue weighted by molar-refractivity contribution is 0.0955. The molecule has 3 aromatic carbocycles. The summed E-state index contributed by atoms with van der Waals surface area (Å²) >= 11 is 12.1. The SMILES string of the molecule is Cc1cc(/C=N\NC(=O)c2ccc(-n3c(C)ccc3C)cc2)cc(C)c1OCc1ccc(Cl)c(Cl)c1. The number of aryl methyl sites for hydroxylation is 4. The summed E-state index contributed by atoms with van der Waals surface area (Å²) in [5, 5.41) is 5.16. The summed E-state index contributed by atoms with van der Waals surface area (Å²) in [4.78, 5) is 12.6. The van der Waals surface area contributed by atoms with E-state index in [0.717, 1.165) is 45.1 Å². The second-order valence-electron chi connectivity index (χ2n) is 8.72. The molecule has 0 saturated carbocycles. The summed E-state index contributed by atoms with van der Waals surface area (Å²) < 4.78 is 8.18. The number of ether oxygens (including phenoxy) is 1. The van der Waals surface area contributed by atoms with Crippen LogP contribution in [0.3, 0.4) is 0 Å². The number of amides is 1. The van der Waals surface area contributed by atoms with Crippen LogP contribution in [0.2, 0.25) is 10.0 Å². The number of hydrogen-bond acceptors (Lipinski definition) is 3. The van der Waals surface area contributed by atoms with Gasteiger partial charge in [0.05, 0.1) is 16.3 Å². The highest BCUT2D eigenvalue weighted by Gasteiger charge is 2.09. The van der Waals surface area contributed by atoms with Crippen LogP contribution in [0, 0.1) is 27.7 Å². The van der Waals surface area contributed by atoms with Gasteiger partial charge < -0.3 is 9.30 Å². The average Bonchev–Trinajstić information content (AvgIpc) is 3.18. The minimum Gasteiger partial charge on any atom is -0.488 e. The molecule has 184 valence electrons. The number of hydrogen-bond donors (Lipinski definition) is 1. The predicted molar refractivity (Wildman–Crippen MR) is 147 cm³/mol. The lowest BCUT2D eigenvalue weighted by Gasteiger charge is -2.13. The molecule has 5 nitrogen and oxygen atoms in total. The number of carbonyl (C=O) groups is 1. The summed E-state index contributed by atoms with van der Waals surface area (Å²) in [6, 6.07) is 21.0. The molecule has 1 N–H and O–H groups in total. The van der Waals surface area contributed by atoms with E-state index in [1.807, 2.05) is 44.2 Å². The molecule has 1 aromatic heterocycles. The van der Waals surface area contributed by atoms with Crippen LogP contribution >= 0.6 is 23.2 Å². The fourth-order valence-corrected chi connectivity index (χ4v) is 4.46. The second kappa shape index (κ2) is 11.0. The van der Waals surface area contributed by atoms with E-state index in [4.69, 9.17) is 27.9 Å². The number of nitrogens with one attached hydrogen (secondary N) is 1. The van der Waals surface area contributed by atoms with Crippen molar-refractivity contribution in [2.45, 2.75) is 34.3 Å². The smallest absolute Gasteiger partial charge is 0.271 e. The molecule has 1 amide bonds. The van der Waals surface area contributed by atoms with Gasteiger partial charge in [0.1, 0.15) is 12.4 Å². The minimum atomic E-state index is -0.270. The van der Waals surface area contributed by atoms with Crippen LogP contribution in [0.15, 0.2) is 71.8 Å². The summed E-state index contributed by atoms with van der Waals surface area (Å²) in [6.07, 6.45) is 1.63. The number of halogens is 2. The Balaban J connectivity index is 1.38.